The van der Waals surface area contributed by atoms with Crippen molar-refractivity contribution in [3.8, 4) is 0 Å². The molecule has 0 radical (unpaired) electrons. The minimum absolute atomic E-state index is 0.283. The van der Waals surface area contributed by atoms with E-state index in [2.05, 4.69) is 15.2 Å². The van der Waals surface area contributed by atoms with Crippen LogP contribution in [0.25, 0.3) is 0 Å². The maximum atomic E-state index is 12.2. The van der Waals surface area contributed by atoms with Crippen molar-refractivity contribution in [2.45, 2.75) is 12.8 Å². The van der Waals surface area contributed by atoms with Gasteiger partial charge in [-0.2, -0.15) is 5.10 Å². The monoisotopic (exact) mass is 271 g/mol. The summed E-state index contributed by atoms with van der Waals surface area (Å²) in [6.45, 7) is 0.340. The molecule has 0 bridgehead atoms. The van der Waals surface area contributed by atoms with Crippen molar-refractivity contribution in [2.24, 2.45) is 0 Å². The predicted octanol–water partition coefficient (Wildman–Crippen LogP) is 0.616. The van der Waals surface area contributed by atoms with E-state index in [4.69, 9.17) is 5.73 Å². The van der Waals surface area contributed by atoms with Crippen molar-refractivity contribution in [3.05, 3.63) is 41.5 Å². The van der Waals surface area contributed by atoms with Gasteiger partial charge in [0.1, 0.15) is 12.2 Å². The summed E-state index contributed by atoms with van der Waals surface area (Å²) in [6.07, 6.45) is 2.68. The van der Waals surface area contributed by atoms with Crippen LogP contribution in [-0.2, 0) is 6.42 Å². The van der Waals surface area contributed by atoms with Gasteiger partial charge in [0.05, 0.1) is 11.1 Å². The van der Waals surface area contributed by atoms with E-state index >= 15 is 0 Å². The largest absolute Gasteiger partial charge is 0.398 e. The Bertz CT molecular complexity index is 665. The highest BCUT2D eigenvalue weighted by Gasteiger charge is 2.36. The lowest BCUT2D eigenvalue weighted by Gasteiger charge is -2.12. The molecule has 2 aromatic rings. The molecule has 0 saturated heterocycles. The number of aryl methyl sites for hydroxylation is 1. The second-order valence-electron chi connectivity index (χ2n) is 4.57. The fraction of sp³-hybridized carbons (Fsp3) is 0.231. The molecule has 0 aliphatic carbocycles. The third-order valence-electron chi connectivity index (χ3n) is 3.29. The van der Waals surface area contributed by atoms with Crippen LogP contribution >= 0.6 is 0 Å². The fourth-order valence-electron chi connectivity index (χ4n) is 2.32. The van der Waals surface area contributed by atoms with Gasteiger partial charge in [0, 0.05) is 18.7 Å². The van der Waals surface area contributed by atoms with Gasteiger partial charge < -0.3 is 5.73 Å². The number of anilines is 1. The quantitative estimate of drug-likeness (QED) is 0.626. The van der Waals surface area contributed by atoms with Crippen LogP contribution in [0, 0.1) is 0 Å². The third kappa shape index (κ3) is 1.93. The smallest absolute Gasteiger partial charge is 0.263 e. The van der Waals surface area contributed by atoms with Gasteiger partial charge in [-0.25, -0.2) is 4.98 Å². The van der Waals surface area contributed by atoms with Crippen LogP contribution < -0.4 is 5.73 Å². The van der Waals surface area contributed by atoms with Crippen LogP contribution in [0.5, 0.6) is 0 Å². The minimum Gasteiger partial charge on any atom is -0.398 e. The van der Waals surface area contributed by atoms with E-state index in [0.717, 1.165) is 5.82 Å². The average Bonchev–Trinajstić information content (AvgIpc) is 3.02. The summed E-state index contributed by atoms with van der Waals surface area (Å²) in [5.74, 6) is 0.136. The first-order chi connectivity index (χ1) is 9.68. The molecule has 3 N–H and O–H groups in total. The molecular formula is C13H13N5O2. The van der Waals surface area contributed by atoms with Gasteiger partial charge in [-0.15, -0.1) is 0 Å². The number of carbonyl (C=O) groups excluding carboxylic acids is 2. The average molecular weight is 271 g/mol. The number of nitrogens with zero attached hydrogens (tertiary/aromatic N) is 3. The van der Waals surface area contributed by atoms with E-state index < -0.39 is 0 Å². The number of rotatable bonds is 4. The van der Waals surface area contributed by atoms with Gasteiger partial charge in [-0.05, 0) is 18.6 Å². The summed E-state index contributed by atoms with van der Waals surface area (Å²) in [6, 6.07) is 4.93. The molecule has 0 fully saturated rings. The molecule has 0 spiro atoms. The van der Waals surface area contributed by atoms with E-state index in [0.29, 0.717) is 36.2 Å². The molecule has 2 amide bonds. The number of aromatic amines is 1. The molecule has 1 aliphatic heterocycles. The zero-order valence-corrected chi connectivity index (χ0v) is 10.7. The molecule has 3 rings (SSSR count). The Morgan fingerprint density at radius 3 is 2.80 bits per heavy atom. The standard InChI is InChI=1S/C13H13N5O2/c14-9-4-1-3-8-11(9)13(20)18(12(8)19)6-2-5-10-15-7-16-17-10/h1,3-4,7H,2,5-6,14H2,(H,15,16,17). The van der Waals surface area contributed by atoms with Gasteiger partial charge >= 0.3 is 0 Å². The zero-order valence-electron chi connectivity index (χ0n) is 10.7. The molecule has 0 atom stereocenters. The van der Waals surface area contributed by atoms with Crippen molar-refractivity contribution >= 4 is 17.5 Å². The lowest BCUT2D eigenvalue weighted by Crippen LogP contribution is -2.31. The molecule has 1 aliphatic rings. The van der Waals surface area contributed by atoms with Crippen molar-refractivity contribution in [2.75, 3.05) is 12.3 Å². The van der Waals surface area contributed by atoms with Gasteiger partial charge in [0.2, 0.25) is 0 Å². The third-order valence-corrected chi connectivity index (χ3v) is 3.29. The van der Waals surface area contributed by atoms with E-state index in [1.165, 1.54) is 11.2 Å². The topological polar surface area (TPSA) is 105 Å². The molecule has 0 unspecified atom stereocenters. The molecule has 7 heteroatoms. The number of carbonyl (C=O) groups is 2. The first-order valence-electron chi connectivity index (χ1n) is 6.27. The number of nitrogens with one attached hydrogen (secondary N) is 1. The Kier molecular flexibility index (Phi) is 2.94. The first-order valence-corrected chi connectivity index (χ1v) is 6.27. The summed E-state index contributed by atoms with van der Waals surface area (Å²) in [4.78, 5) is 29.6. The van der Waals surface area contributed by atoms with Crippen molar-refractivity contribution in [1.82, 2.24) is 20.1 Å². The number of fused-ring (bicyclic) bond motifs is 1. The van der Waals surface area contributed by atoms with Crippen molar-refractivity contribution in [3.63, 3.8) is 0 Å². The Morgan fingerprint density at radius 1 is 1.25 bits per heavy atom. The van der Waals surface area contributed by atoms with Crippen LogP contribution in [0.4, 0.5) is 5.69 Å². The van der Waals surface area contributed by atoms with E-state index in [9.17, 15) is 9.59 Å². The van der Waals surface area contributed by atoms with Crippen molar-refractivity contribution < 1.29 is 9.59 Å². The number of nitrogens with two attached hydrogens (primary N) is 1. The molecule has 1 aromatic heterocycles. The Labute approximate surface area is 114 Å². The van der Waals surface area contributed by atoms with Gasteiger partial charge in [0.15, 0.2) is 0 Å². The van der Waals surface area contributed by atoms with E-state index in [1.807, 2.05) is 0 Å². The summed E-state index contributed by atoms with van der Waals surface area (Å²) in [5.41, 5.74) is 6.82. The van der Waals surface area contributed by atoms with Crippen LogP contribution in [0.2, 0.25) is 0 Å². The van der Waals surface area contributed by atoms with Crippen LogP contribution in [0.1, 0.15) is 33.0 Å². The fourth-order valence-corrected chi connectivity index (χ4v) is 2.32. The maximum Gasteiger partial charge on any atom is 0.263 e. The van der Waals surface area contributed by atoms with Gasteiger partial charge in [-0.3, -0.25) is 19.6 Å². The lowest BCUT2D eigenvalue weighted by molar-refractivity contribution is 0.0653. The summed E-state index contributed by atoms with van der Waals surface area (Å²) >= 11 is 0. The molecule has 102 valence electrons. The molecule has 20 heavy (non-hydrogen) atoms. The molecular weight excluding hydrogens is 258 g/mol. The Morgan fingerprint density at radius 2 is 2.10 bits per heavy atom. The molecule has 1 aromatic carbocycles. The lowest BCUT2D eigenvalue weighted by atomic mass is 10.1. The highest BCUT2D eigenvalue weighted by atomic mass is 16.2. The number of imide groups is 1. The molecule has 2 heterocycles. The van der Waals surface area contributed by atoms with Gasteiger partial charge in [-0.1, -0.05) is 6.07 Å². The summed E-state index contributed by atoms with van der Waals surface area (Å²) in [5, 5.41) is 6.49. The van der Waals surface area contributed by atoms with Crippen LogP contribution in [0.15, 0.2) is 24.5 Å². The highest BCUT2D eigenvalue weighted by molar-refractivity contribution is 6.23. The second kappa shape index (κ2) is 4.76. The van der Waals surface area contributed by atoms with Crippen LogP contribution in [-0.4, -0.2) is 38.4 Å². The molecule has 7 nitrogen and oxygen atoms in total. The Balaban J connectivity index is 1.72. The summed E-state index contributed by atoms with van der Waals surface area (Å²) < 4.78 is 0. The van der Waals surface area contributed by atoms with Crippen LogP contribution in [0.3, 0.4) is 0 Å². The highest BCUT2D eigenvalue weighted by Crippen LogP contribution is 2.27. The number of amides is 2. The number of hydrogen-bond donors (Lipinski definition) is 2. The normalized spacial score (nSPS) is 13.9. The summed E-state index contributed by atoms with van der Waals surface area (Å²) in [7, 11) is 0. The van der Waals surface area contributed by atoms with Crippen molar-refractivity contribution in [1.29, 1.82) is 0 Å². The zero-order chi connectivity index (χ0) is 14.1. The number of hydrogen-bond acceptors (Lipinski definition) is 5. The minimum atomic E-state index is -0.319. The Hall–Kier alpha value is -2.70. The predicted molar refractivity (Wildman–Crippen MR) is 70.9 cm³/mol. The molecule has 0 saturated carbocycles. The first kappa shape index (κ1) is 12.3. The van der Waals surface area contributed by atoms with Gasteiger partial charge in [0.25, 0.3) is 11.8 Å². The number of H-pyrrole nitrogens is 1. The SMILES string of the molecule is Nc1cccc2c1C(=O)N(CCCc1ncn[nH]1)C2=O. The number of nitrogen functional groups attached to an aromatic ring is 1. The number of benzene rings is 1. The maximum absolute atomic E-state index is 12.2. The number of aromatic nitrogens is 3. The second-order valence-corrected chi connectivity index (χ2v) is 4.57. The van der Waals surface area contributed by atoms with E-state index in [-0.39, 0.29) is 11.8 Å². The van der Waals surface area contributed by atoms with E-state index in [1.54, 1.807) is 18.2 Å².